The van der Waals surface area contributed by atoms with Crippen molar-refractivity contribution in [3.63, 3.8) is 0 Å². The van der Waals surface area contributed by atoms with Crippen LogP contribution in [0.15, 0.2) is 0 Å². The van der Waals surface area contributed by atoms with E-state index in [4.69, 9.17) is 15.9 Å². The summed E-state index contributed by atoms with van der Waals surface area (Å²) in [4.78, 5) is 45.0. The Bertz CT molecular complexity index is 423. The lowest BCUT2D eigenvalue weighted by atomic mass is 10.0. The molecule has 0 aromatic heterocycles. The maximum Gasteiger partial charge on any atom is 0.325 e. The van der Waals surface area contributed by atoms with Crippen molar-refractivity contribution in [2.24, 2.45) is 11.7 Å². The van der Waals surface area contributed by atoms with E-state index in [1.807, 2.05) is 0 Å². The molecular weight excluding hydrogens is 282 g/mol. The van der Waals surface area contributed by atoms with E-state index in [-0.39, 0.29) is 5.92 Å². The lowest BCUT2D eigenvalue weighted by Gasteiger charge is -2.21. The second-order valence-electron chi connectivity index (χ2n) is 5.00. The summed E-state index contributed by atoms with van der Waals surface area (Å²) in [7, 11) is 0. The molecule has 0 aliphatic carbocycles. The van der Waals surface area contributed by atoms with Crippen LogP contribution < -0.4 is 16.4 Å². The fraction of sp³-hybridized carbons (Fsp3) is 0.667. The zero-order chi connectivity index (χ0) is 16.7. The lowest BCUT2D eigenvalue weighted by Crippen LogP contribution is -2.55. The van der Waals surface area contributed by atoms with E-state index in [9.17, 15) is 19.2 Å². The zero-order valence-electron chi connectivity index (χ0n) is 12.1. The number of nitrogens with two attached hydrogens (primary N) is 1. The van der Waals surface area contributed by atoms with Gasteiger partial charge in [0.25, 0.3) is 0 Å². The number of hydrogen-bond donors (Lipinski definition) is 5. The largest absolute Gasteiger partial charge is 0.481 e. The van der Waals surface area contributed by atoms with Gasteiger partial charge in [-0.2, -0.15) is 0 Å². The van der Waals surface area contributed by atoms with Crippen molar-refractivity contribution >= 4 is 23.8 Å². The number of carboxylic acid groups (broad SMARTS) is 2. The Balaban J connectivity index is 4.87. The van der Waals surface area contributed by atoms with E-state index in [2.05, 4.69) is 10.6 Å². The van der Waals surface area contributed by atoms with E-state index in [0.717, 1.165) is 0 Å². The van der Waals surface area contributed by atoms with Crippen molar-refractivity contribution in [3.05, 3.63) is 0 Å². The van der Waals surface area contributed by atoms with Crippen LogP contribution in [0.4, 0.5) is 0 Å². The minimum atomic E-state index is -1.39. The van der Waals surface area contributed by atoms with Crippen LogP contribution in [0.1, 0.15) is 27.2 Å². The maximum atomic E-state index is 11.8. The second kappa shape index (κ2) is 8.20. The summed E-state index contributed by atoms with van der Waals surface area (Å²) in [5.74, 6) is -4.35. The Morgan fingerprint density at radius 1 is 1.00 bits per heavy atom. The first-order valence-corrected chi connectivity index (χ1v) is 6.37. The summed E-state index contributed by atoms with van der Waals surface area (Å²) in [6.07, 6.45) is -0.672. The van der Waals surface area contributed by atoms with Gasteiger partial charge in [0.15, 0.2) is 0 Å². The van der Waals surface area contributed by atoms with Gasteiger partial charge < -0.3 is 26.6 Å². The van der Waals surface area contributed by atoms with Crippen LogP contribution in [-0.2, 0) is 19.2 Å². The average Bonchev–Trinajstić information content (AvgIpc) is 2.35. The first-order valence-electron chi connectivity index (χ1n) is 6.37. The zero-order valence-corrected chi connectivity index (χ0v) is 12.1. The number of rotatable bonds is 8. The summed E-state index contributed by atoms with van der Waals surface area (Å²) in [6, 6.07) is -3.49. The molecule has 0 radical (unpaired) electrons. The fourth-order valence-electron chi connectivity index (χ4n) is 1.33. The molecule has 0 rings (SSSR count). The van der Waals surface area contributed by atoms with E-state index < -0.39 is 48.3 Å². The van der Waals surface area contributed by atoms with Crippen LogP contribution in [0.25, 0.3) is 0 Å². The molecule has 0 aromatic carbocycles. The molecule has 2 amide bonds. The maximum absolute atomic E-state index is 11.8. The first-order chi connectivity index (χ1) is 9.56. The van der Waals surface area contributed by atoms with E-state index in [1.54, 1.807) is 13.8 Å². The van der Waals surface area contributed by atoms with Gasteiger partial charge in [-0.05, 0) is 12.8 Å². The molecule has 0 fully saturated rings. The molecule has 0 aliphatic rings. The van der Waals surface area contributed by atoms with Crippen LogP contribution in [0.5, 0.6) is 0 Å². The molecule has 0 saturated heterocycles. The van der Waals surface area contributed by atoms with Gasteiger partial charge in [-0.1, -0.05) is 13.8 Å². The molecule has 6 N–H and O–H groups in total. The van der Waals surface area contributed by atoms with Gasteiger partial charge in [-0.25, -0.2) is 0 Å². The van der Waals surface area contributed by atoms with Crippen LogP contribution in [0.2, 0.25) is 0 Å². The lowest BCUT2D eigenvalue weighted by molar-refractivity contribution is -0.143. The Morgan fingerprint density at radius 2 is 1.52 bits per heavy atom. The summed E-state index contributed by atoms with van der Waals surface area (Å²) in [5, 5.41) is 21.8. The third-order valence-corrected chi connectivity index (χ3v) is 2.76. The number of aliphatic carboxylic acids is 2. The van der Waals surface area contributed by atoms with E-state index >= 15 is 0 Å². The van der Waals surface area contributed by atoms with Crippen molar-refractivity contribution < 1.29 is 29.4 Å². The van der Waals surface area contributed by atoms with Gasteiger partial charge in [0, 0.05) is 0 Å². The normalized spacial score (nSPS) is 14.9. The van der Waals surface area contributed by atoms with Crippen molar-refractivity contribution in [1.82, 2.24) is 10.6 Å². The van der Waals surface area contributed by atoms with Crippen molar-refractivity contribution in [2.45, 2.75) is 45.3 Å². The van der Waals surface area contributed by atoms with Crippen LogP contribution >= 0.6 is 0 Å². The minimum absolute atomic E-state index is 0.198. The first kappa shape index (κ1) is 18.8. The van der Waals surface area contributed by atoms with Gasteiger partial charge in [0.1, 0.15) is 12.1 Å². The second-order valence-corrected chi connectivity index (χ2v) is 5.00. The molecule has 9 heteroatoms. The molecule has 0 saturated carbocycles. The number of amides is 2. The van der Waals surface area contributed by atoms with Crippen molar-refractivity contribution in [3.8, 4) is 0 Å². The number of carbonyl (C=O) groups excluding carboxylic acids is 2. The number of nitrogens with one attached hydrogen (secondary N) is 2. The molecule has 0 unspecified atom stereocenters. The van der Waals surface area contributed by atoms with Crippen molar-refractivity contribution in [1.29, 1.82) is 0 Å². The highest BCUT2D eigenvalue weighted by atomic mass is 16.4. The number of carbonyl (C=O) groups is 4. The standard InChI is InChI=1S/C12H21N3O6/c1-5(2)9(13)11(19)15-7(4-8(16)17)10(18)14-6(3)12(20)21/h5-7,9H,4,13H2,1-3H3,(H,14,18)(H,15,19)(H,16,17)(H,20,21)/t6-,7-,9-/m0/s1. The third-order valence-electron chi connectivity index (χ3n) is 2.76. The van der Waals surface area contributed by atoms with Crippen LogP contribution in [0, 0.1) is 5.92 Å². The highest BCUT2D eigenvalue weighted by Gasteiger charge is 2.28. The summed E-state index contributed by atoms with van der Waals surface area (Å²) in [6.45, 7) is 4.62. The van der Waals surface area contributed by atoms with E-state index in [1.165, 1.54) is 6.92 Å². The smallest absolute Gasteiger partial charge is 0.325 e. The Hall–Kier alpha value is -2.16. The molecular formula is C12H21N3O6. The topological polar surface area (TPSA) is 159 Å². The SMILES string of the molecule is CC(C)[C@H](N)C(=O)N[C@@H](CC(=O)O)C(=O)N[C@@H](C)C(=O)O. The molecule has 0 aliphatic heterocycles. The molecule has 0 bridgehead atoms. The fourth-order valence-corrected chi connectivity index (χ4v) is 1.33. The highest BCUT2D eigenvalue weighted by molar-refractivity contribution is 5.93. The number of carboxylic acids is 2. The molecule has 3 atom stereocenters. The van der Waals surface area contributed by atoms with Crippen molar-refractivity contribution in [2.75, 3.05) is 0 Å². The predicted octanol–water partition coefficient (Wildman–Crippen LogP) is -1.48. The molecule has 120 valence electrons. The predicted molar refractivity (Wildman–Crippen MR) is 72.2 cm³/mol. The molecule has 9 nitrogen and oxygen atoms in total. The molecule has 0 heterocycles. The Kier molecular flexibility index (Phi) is 7.36. The highest BCUT2D eigenvalue weighted by Crippen LogP contribution is 2.01. The average molecular weight is 303 g/mol. The Labute approximate surface area is 121 Å². The molecule has 21 heavy (non-hydrogen) atoms. The summed E-state index contributed by atoms with van der Waals surface area (Å²) >= 11 is 0. The molecule has 0 aromatic rings. The van der Waals surface area contributed by atoms with Gasteiger partial charge in [0.05, 0.1) is 12.5 Å². The third kappa shape index (κ3) is 6.70. The minimum Gasteiger partial charge on any atom is -0.481 e. The Morgan fingerprint density at radius 3 is 1.90 bits per heavy atom. The summed E-state index contributed by atoms with van der Waals surface area (Å²) in [5.41, 5.74) is 5.60. The van der Waals surface area contributed by atoms with Gasteiger partial charge in [-0.3, -0.25) is 19.2 Å². The molecule has 0 spiro atoms. The van der Waals surface area contributed by atoms with Gasteiger partial charge >= 0.3 is 11.9 Å². The van der Waals surface area contributed by atoms with Crippen LogP contribution in [0.3, 0.4) is 0 Å². The van der Waals surface area contributed by atoms with Crippen LogP contribution in [-0.4, -0.2) is 52.1 Å². The number of hydrogen-bond acceptors (Lipinski definition) is 5. The monoisotopic (exact) mass is 303 g/mol. The van der Waals surface area contributed by atoms with E-state index in [0.29, 0.717) is 0 Å². The van der Waals surface area contributed by atoms with Gasteiger partial charge in [-0.15, -0.1) is 0 Å². The quantitative estimate of drug-likeness (QED) is 0.365. The van der Waals surface area contributed by atoms with Gasteiger partial charge in [0.2, 0.25) is 11.8 Å². The summed E-state index contributed by atoms with van der Waals surface area (Å²) < 4.78 is 0.